The van der Waals surface area contributed by atoms with Crippen LogP contribution >= 0.6 is 11.3 Å². The van der Waals surface area contributed by atoms with Gasteiger partial charge in [-0.05, 0) is 48.4 Å². The van der Waals surface area contributed by atoms with Gasteiger partial charge in [-0.15, -0.1) is 5.10 Å². The number of imidazole rings is 1. The van der Waals surface area contributed by atoms with Crippen LogP contribution in [0.25, 0.3) is 16.2 Å². The number of halogens is 2. The Balaban J connectivity index is 1.44. The Hall–Kier alpha value is -3.33. The van der Waals surface area contributed by atoms with Crippen LogP contribution in [0, 0.1) is 17.6 Å². The van der Waals surface area contributed by atoms with Gasteiger partial charge in [-0.2, -0.15) is 0 Å². The third kappa shape index (κ3) is 4.40. The first-order valence-corrected chi connectivity index (χ1v) is 9.69. The number of carbonyl (C=O) groups excluding carboxylic acids is 1. The normalized spacial score (nSPS) is 12.2. The highest BCUT2D eigenvalue weighted by molar-refractivity contribution is 7.20. The van der Waals surface area contributed by atoms with Crippen LogP contribution < -0.4 is 11.1 Å². The molecule has 0 aliphatic rings. The molecule has 148 valence electrons. The summed E-state index contributed by atoms with van der Waals surface area (Å²) in [4.78, 5) is 17.0. The van der Waals surface area contributed by atoms with Crippen molar-refractivity contribution in [1.82, 2.24) is 14.6 Å². The lowest BCUT2D eigenvalue weighted by Crippen LogP contribution is -2.31. The molecule has 0 bridgehead atoms. The second kappa shape index (κ2) is 7.96. The van der Waals surface area contributed by atoms with E-state index in [1.54, 1.807) is 35.0 Å². The molecule has 0 aliphatic heterocycles. The molecular formula is C20H17F2N5OS. The Bertz CT molecular complexity index is 1110. The van der Waals surface area contributed by atoms with Gasteiger partial charge in [0.1, 0.15) is 11.6 Å². The number of carbonyl (C=O) groups is 1. The van der Waals surface area contributed by atoms with Gasteiger partial charge in [-0.1, -0.05) is 23.5 Å². The van der Waals surface area contributed by atoms with E-state index in [0.29, 0.717) is 28.8 Å². The first-order valence-electron chi connectivity index (χ1n) is 8.88. The summed E-state index contributed by atoms with van der Waals surface area (Å²) in [6.07, 6.45) is 2.16. The Labute approximate surface area is 169 Å². The summed E-state index contributed by atoms with van der Waals surface area (Å²) >= 11 is 1.33. The number of nitrogens with one attached hydrogen (secondary N) is 1. The van der Waals surface area contributed by atoms with E-state index in [9.17, 15) is 13.6 Å². The Morgan fingerprint density at radius 1 is 1.10 bits per heavy atom. The summed E-state index contributed by atoms with van der Waals surface area (Å²) in [5.74, 6) is -1.54. The standard InChI is InChI=1S/C20H17F2N5OS/c21-15-5-1-12(2-6-15)9-14(18(23)28)10-24-19-26-27-11-17(25-20(27)29-19)13-3-7-16(22)8-4-13/h1-8,11,14H,9-10H2,(H2,23,28)(H,24,26). The smallest absolute Gasteiger partial charge is 0.222 e. The average Bonchev–Trinajstić information content (AvgIpc) is 3.26. The number of nitrogens with two attached hydrogens (primary N) is 1. The molecule has 4 rings (SSSR count). The van der Waals surface area contributed by atoms with Crippen LogP contribution in [0.5, 0.6) is 0 Å². The summed E-state index contributed by atoms with van der Waals surface area (Å²) in [5, 5.41) is 8.13. The zero-order chi connectivity index (χ0) is 20.4. The molecule has 0 saturated carbocycles. The van der Waals surface area contributed by atoms with Crippen molar-refractivity contribution < 1.29 is 13.6 Å². The summed E-state index contributed by atoms with van der Waals surface area (Å²) in [6.45, 7) is 0.300. The molecule has 2 aromatic carbocycles. The van der Waals surface area contributed by atoms with E-state index < -0.39 is 11.8 Å². The van der Waals surface area contributed by atoms with Gasteiger partial charge in [-0.3, -0.25) is 4.79 Å². The number of aromatic nitrogens is 3. The number of hydrogen-bond acceptors (Lipinski definition) is 5. The van der Waals surface area contributed by atoms with Gasteiger partial charge >= 0.3 is 0 Å². The zero-order valence-corrected chi connectivity index (χ0v) is 16.0. The average molecular weight is 413 g/mol. The Morgan fingerprint density at radius 2 is 1.76 bits per heavy atom. The second-order valence-electron chi connectivity index (χ2n) is 6.58. The number of anilines is 1. The topological polar surface area (TPSA) is 85.3 Å². The number of benzene rings is 2. The van der Waals surface area contributed by atoms with E-state index in [4.69, 9.17) is 5.73 Å². The van der Waals surface area contributed by atoms with Crippen molar-refractivity contribution in [2.24, 2.45) is 11.7 Å². The molecule has 1 unspecified atom stereocenters. The molecule has 29 heavy (non-hydrogen) atoms. The third-order valence-electron chi connectivity index (χ3n) is 4.48. The van der Waals surface area contributed by atoms with E-state index in [-0.39, 0.29) is 11.6 Å². The first kappa shape index (κ1) is 19.0. The molecule has 0 aliphatic carbocycles. The van der Waals surface area contributed by atoms with Crippen molar-refractivity contribution in [3.63, 3.8) is 0 Å². The Kier molecular flexibility index (Phi) is 5.22. The second-order valence-corrected chi connectivity index (χ2v) is 7.53. The largest absolute Gasteiger partial charge is 0.369 e. The van der Waals surface area contributed by atoms with Crippen LogP contribution in [0.15, 0.2) is 54.7 Å². The molecule has 0 radical (unpaired) electrons. The summed E-state index contributed by atoms with van der Waals surface area (Å²) < 4.78 is 27.7. The van der Waals surface area contributed by atoms with E-state index in [2.05, 4.69) is 15.4 Å². The zero-order valence-electron chi connectivity index (χ0n) is 15.2. The van der Waals surface area contributed by atoms with Crippen LogP contribution in [0.1, 0.15) is 5.56 Å². The van der Waals surface area contributed by atoms with E-state index >= 15 is 0 Å². The minimum absolute atomic E-state index is 0.300. The van der Waals surface area contributed by atoms with Gasteiger partial charge in [0.2, 0.25) is 16.0 Å². The predicted molar refractivity (Wildman–Crippen MR) is 108 cm³/mol. The number of hydrogen-bond donors (Lipinski definition) is 2. The quantitative estimate of drug-likeness (QED) is 0.486. The van der Waals surface area contributed by atoms with Crippen LogP contribution in [0.2, 0.25) is 0 Å². The van der Waals surface area contributed by atoms with Gasteiger partial charge in [0, 0.05) is 12.1 Å². The Morgan fingerprint density at radius 3 is 2.38 bits per heavy atom. The molecule has 1 amide bonds. The summed E-state index contributed by atoms with van der Waals surface area (Å²) in [6, 6.07) is 12.1. The van der Waals surface area contributed by atoms with Gasteiger partial charge in [0.15, 0.2) is 0 Å². The van der Waals surface area contributed by atoms with Crippen molar-refractivity contribution in [1.29, 1.82) is 0 Å². The number of amides is 1. The SMILES string of the molecule is NC(=O)C(CNc1nn2cc(-c3ccc(F)cc3)nc2s1)Cc1ccc(F)cc1. The fraction of sp³-hybridized carbons (Fsp3) is 0.150. The summed E-state index contributed by atoms with van der Waals surface area (Å²) in [5.41, 5.74) is 7.84. The van der Waals surface area contributed by atoms with Crippen LogP contribution in [0.3, 0.4) is 0 Å². The molecule has 2 aromatic heterocycles. The molecule has 3 N–H and O–H groups in total. The third-order valence-corrected chi connectivity index (χ3v) is 5.36. The number of nitrogens with zero attached hydrogens (tertiary/aromatic N) is 3. The van der Waals surface area contributed by atoms with Crippen molar-refractivity contribution in [3.05, 3.63) is 71.9 Å². The lowest BCUT2D eigenvalue weighted by molar-refractivity contribution is -0.121. The number of fused-ring (bicyclic) bond motifs is 1. The number of primary amides is 1. The molecule has 4 aromatic rings. The van der Waals surface area contributed by atoms with Gasteiger partial charge < -0.3 is 11.1 Å². The fourth-order valence-electron chi connectivity index (χ4n) is 2.92. The highest BCUT2D eigenvalue weighted by Crippen LogP contribution is 2.25. The van der Waals surface area contributed by atoms with Crippen LogP contribution in [0.4, 0.5) is 13.9 Å². The van der Waals surface area contributed by atoms with Crippen LogP contribution in [-0.2, 0) is 11.2 Å². The predicted octanol–water partition coefficient (Wildman–Crippen LogP) is 3.49. The lowest BCUT2D eigenvalue weighted by atomic mass is 9.99. The first-order chi connectivity index (χ1) is 14.0. The molecule has 0 saturated heterocycles. The van der Waals surface area contributed by atoms with E-state index in [1.165, 1.54) is 35.6 Å². The van der Waals surface area contributed by atoms with Gasteiger partial charge in [0.25, 0.3) is 0 Å². The van der Waals surface area contributed by atoms with Crippen molar-refractivity contribution in [2.75, 3.05) is 11.9 Å². The fourth-order valence-corrected chi connectivity index (χ4v) is 3.71. The maximum atomic E-state index is 13.1. The van der Waals surface area contributed by atoms with Gasteiger partial charge in [0.05, 0.1) is 17.8 Å². The monoisotopic (exact) mass is 413 g/mol. The number of rotatable bonds is 7. The van der Waals surface area contributed by atoms with Crippen LogP contribution in [-0.4, -0.2) is 27.0 Å². The van der Waals surface area contributed by atoms with E-state index in [0.717, 1.165) is 11.1 Å². The van der Waals surface area contributed by atoms with E-state index in [1.807, 2.05) is 0 Å². The minimum Gasteiger partial charge on any atom is -0.369 e. The van der Waals surface area contributed by atoms with Crippen molar-refractivity contribution >= 4 is 27.3 Å². The van der Waals surface area contributed by atoms with Crippen molar-refractivity contribution in [3.8, 4) is 11.3 Å². The molecule has 2 heterocycles. The van der Waals surface area contributed by atoms with Crippen molar-refractivity contribution in [2.45, 2.75) is 6.42 Å². The maximum absolute atomic E-state index is 13.1. The van der Waals surface area contributed by atoms with Gasteiger partial charge in [-0.25, -0.2) is 18.3 Å². The highest BCUT2D eigenvalue weighted by atomic mass is 32.1. The lowest BCUT2D eigenvalue weighted by Gasteiger charge is -2.13. The molecule has 6 nitrogen and oxygen atoms in total. The molecule has 0 spiro atoms. The maximum Gasteiger partial charge on any atom is 0.222 e. The highest BCUT2D eigenvalue weighted by Gasteiger charge is 2.17. The summed E-state index contributed by atoms with van der Waals surface area (Å²) in [7, 11) is 0. The molecule has 0 fully saturated rings. The minimum atomic E-state index is -0.466. The molecule has 9 heteroatoms. The molecular weight excluding hydrogens is 396 g/mol. The molecule has 1 atom stereocenters.